The number of amides is 1. The van der Waals surface area contributed by atoms with Crippen molar-refractivity contribution in [3.8, 4) is 11.5 Å². The third-order valence-corrected chi connectivity index (χ3v) is 7.44. The van der Waals surface area contributed by atoms with E-state index in [4.69, 9.17) is 9.47 Å². The van der Waals surface area contributed by atoms with Gasteiger partial charge in [0.15, 0.2) is 11.5 Å². The third-order valence-electron chi connectivity index (χ3n) is 5.67. The minimum Gasteiger partial charge on any atom is -0.493 e. The van der Waals surface area contributed by atoms with Crippen molar-refractivity contribution < 1.29 is 22.7 Å². The van der Waals surface area contributed by atoms with Crippen LogP contribution in [0.25, 0.3) is 0 Å². The molecule has 0 fully saturated rings. The number of carbonyl (C=O) groups is 1. The molecule has 0 aliphatic carbocycles. The van der Waals surface area contributed by atoms with Crippen molar-refractivity contribution in [1.82, 2.24) is 5.32 Å². The minimum atomic E-state index is -4.11. The summed E-state index contributed by atoms with van der Waals surface area (Å²) in [6, 6.07) is 19.2. The van der Waals surface area contributed by atoms with E-state index in [0.717, 1.165) is 21.0 Å². The predicted molar refractivity (Wildman–Crippen MR) is 138 cm³/mol. The molecule has 0 saturated heterocycles. The molecule has 0 aliphatic rings. The molecular formula is C27H32N2O5S. The summed E-state index contributed by atoms with van der Waals surface area (Å²) < 4.78 is 39.4. The number of rotatable bonds is 10. The summed E-state index contributed by atoms with van der Waals surface area (Å²) in [6.45, 7) is 5.38. The van der Waals surface area contributed by atoms with Gasteiger partial charge in [0.05, 0.1) is 30.8 Å². The molecule has 0 saturated carbocycles. The van der Waals surface area contributed by atoms with Crippen molar-refractivity contribution in [2.75, 3.05) is 25.1 Å². The van der Waals surface area contributed by atoms with Gasteiger partial charge in [-0.3, -0.25) is 9.10 Å². The Morgan fingerprint density at radius 1 is 0.914 bits per heavy atom. The second-order valence-electron chi connectivity index (χ2n) is 8.31. The number of benzene rings is 3. The van der Waals surface area contributed by atoms with E-state index in [1.54, 1.807) is 12.1 Å². The molecule has 0 radical (unpaired) electrons. The Kier molecular flexibility index (Phi) is 8.40. The Balaban J connectivity index is 2.00. The summed E-state index contributed by atoms with van der Waals surface area (Å²) in [5.41, 5.74) is 3.16. The first-order valence-corrected chi connectivity index (χ1v) is 12.8. The number of ether oxygens (including phenoxy) is 2. The van der Waals surface area contributed by atoms with Crippen molar-refractivity contribution in [2.45, 2.75) is 38.1 Å². The molecule has 35 heavy (non-hydrogen) atoms. The van der Waals surface area contributed by atoms with Crippen LogP contribution in [-0.2, 0) is 14.8 Å². The average molecular weight is 497 g/mol. The first-order chi connectivity index (χ1) is 16.7. The number of carbonyl (C=O) groups excluding carboxylic acids is 1. The first kappa shape index (κ1) is 26.1. The zero-order valence-electron chi connectivity index (χ0n) is 20.7. The second-order valence-corrected chi connectivity index (χ2v) is 10.2. The van der Waals surface area contributed by atoms with Crippen LogP contribution in [0.3, 0.4) is 0 Å². The van der Waals surface area contributed by atoms with Gasteiger partial charge in [-0.25, -0.2) is 8.42 Å². The lowest BCUT2D eigenvalue weighted by atomic mass is 10.0. The van der Waals surface area contributed by atoms with Crippen molar-refractivity contribution in [2.24, 2.45) is 0 Å². The van der Waals surface area contributed by atoms with Crippen molar-refractivity contribution in [3.63, 3.8) is 0 Å². The number of hydrogen-bond donors (Lipinski definition) is 1. The molecular weight excluding hydrogens is 464 g/mol. The smallest absolute Gasteiger partial charge is 0.264 e. The zero-order chi connectivity index (χ0) is 25.6. The molecule has 3 aromatic rings. The fourth-order valence-corrected chi connectivity index (χ4v) is 5.41. The summed E-state index contributed by atoms with van der Waals surface area (Å²) >= 11 is 0. The molecule has 186 valence electrons. The largest absolute Gasteiger partial charge is 0.493 e. The van der Waals surface area contributed by atoms with Crippen molar-refractivity contribution >= 4 is 21.6 Å². The highest BCUT2D eigenvalue weighted by molar-refractivity contribution is 7.92. The van der Waals surface area contributed by atoms with Crippen molar-refractivity contribution in [3.05, 3.63) is 83.4 Å². The van der Waals surface area contributed by atoms with E-state index in [-0.39, 0.29) is 23.2 Å². The van der Waals surface area contributed by atoms with Crippen LogP contribution in [0.15, 0.2) is 71.6 Å². The molecule has 0 heterocycles. The van der Waals surface area contributed by atoms with Crippen LogP contribution in [0.4, 0.5) is 5.69 Å². The lowest BCUT2D eigenvalue weighted by molar-refractivity contribution is -0.120. The number of anilines is 1. The van der Waals surface area contributed by atoms with Gasteiger partial charge in [-0.1, -0.05) is 43.3 Å². The van der Waals surface area contributed by atoms with Gasteiger partial charge in [-0.15, -0.1) is 0 Å². The van der Waals surface area contributed by atoms with Gasteiger partial charge in [0, 0.05) is 6.07 Å². The molecule has 7 nitrogen and oxygen atoms in total. The van der Waals surface area contributed by atoms with Crippen LogP contribution in [0.1, 0.15) is 36.1 Å². The number of methoxy groups -OCH3 is 2. The lowest BCUT2D eigenvalue weighted by Crippen LogP contribution is -2.42. The number of nitrogens with zero attached hydrogens (tertiary/aromatic N) is 1. The van der Waals surface area contributed by atoms with E-state index in [0.29, 0.717) is 17.9 Å². The lowest BCUT2D eigenvalue weighted by Gasteiger charge is -2.26. The molecule has 0 bridgehead atoms. The number of sulfonamides is 1. The molecule has 1 N–H and O–H groups in total. The predicted octanol–water partition coefficient (Wildman–Crippen LogP) is 4.78. The summed E-state index contributed by atoms with van der Waals surface area (Å²) in [7, 11) is -1.19. The standard InChI is InChI=1S/C27H32N2O5S/c1-6-24(21-10-8-7-9-11-21)28-27(30)18-29(22-15-19(2)14-20(3)16-22)35(31,32)23-12-13-25(33-4)26(17-23)34-5/h7-17,24H,6,18H2,1-5H3,(H,28,30)/t24-/m0/s1. The number of hydrogen-bond acceptors (Lipinski definition) is 5. The summed E-state index contributed by atoms with van der Waals surface area (Å²) in [6.07, 6.45) is 0.668. The van der Waals surface area contributed by atoms with Gasteiger partial charge in [-0.2, -0.15) is 0 Å². The van der Waals surface area contributed by atoms with Crippen molar-refractivity contribution in [1.29, 1.82) is 0 Å². The zero-order valence-corrected chi connectivity index (χ0v) is 21.6. The molecule has 8 heteroatoms. The SMILES string of the molecule is CC[C@H](NC(=O)CN(c1cc(C)cc(C)c1)S(=O)(=O)c1ccc(OC)c(OC)c1)c1ccccc1. The van der Waals surface area contributed by atoms with Gasteiger partial charge in [0.25, 0.3) is 10.0 Å². The van der Waals surface area contributed by atoms with E-state index in [2.05, 4.69) is 5.32 Å². The molecule has 1 amide bonds. The van der Waals surface area contributed by atoms with Crippen LogP contribution < -0.4 is 19.1 Å². The van der Waals surface area contributed by atoms with Crippen LogP contribution in [0.2, 0.25) is 0 Å². The van der Waals surface area contributed by atoms with E-state index in [1.807, 2.05) is 57.2 Å². The highest BCUT2D eigenvalue weighted by Crippen LogP contribution is 2.32. The maximum atomic E-state index is 13.8. The van der Waals surface area contributed by atoms with E-state index >= 15 is 0 Å². The Morgan fingerprint density at radius 3 is 2.11 bits per heavy atom. The quantitative estimate of drug-likeness (QED) is 0.437. The summed E-state index contributed by atoms with van der Waals surface area (Å²) in [5.74, 6) is 0.299. The number of aryl methyl sites for hydroxylation is 2. The summed E-state index contributed by atoms with van der Waals surface area (Å²) in [4.78, 5) is 13.2. The monoisotopic (exact) mass is 496 g/mol. The van der Waals surface area contributed by atoms with Crippen LogP contribution in [0.5, 0.6) is 11.5 Å². The van der Waals surface area contributed by atoms with Gasteiger partial charge < -0.3 is 14.8 Å². The molecule has 0 spiro atoms. The number of nitrogens with one attached hydrogen (secondary N) is 1. The van der Waals surface area contributed by atoms with E-state index < -0.39 is 15.9 Å². The average Bonchev–Trinajstić information content (AvgIpc) is 2.85. The Hall–Kier alpha value is -3.52. The van der Waals surface area contributed by atoms with E-state index in [1.165, 1.54) is 32.4 Å². The fourth-order valence-electron chi connectivity index (χ4n) is 3.99. The molecule has 0 aliphatic heterocycles. The maximum absolute atomic E-state index is 13.8. The van der Waals surface area contributed by atoms with Gasteiger partial charge in [0.2, 0.25) is 5.91 Å². The van der Waals surface area contributed by atoms with Gasteiger partial charge >= 0.3 is 0 Å². The van der Waals surface area contributed by atoms with Gasteiger partial charge in [0.1, 0.15) is 6.54 Å². The van der Waals surface area contributed by atoms with Crippen LogP contribution >= 0.6 is 0 Å². The highest BCUT2D eigenvalue weighted by atomic mass is 32.2. The molecule has 0 unspecified atom stereocenters. The molecule has 1 atom stereocenters. The minimum absolute atomic E-state index is 0.00258. The Morgan fingerprint density at radius 2 is 1.54 bits per heavy atom. The van der Waals surface area contributed by atoms with Crippen LogP contribution in [0, 0.1) is 13.8 Å². The molecule has 3 aromatic carbocycles. The Bertz CT molecular complexity index is 1260. The van der Waals surface area contributed by atoms with E-state index in [9.17, 15) is 13.2 Å². The fraction of sp³-hybridized carbons (Fsp3) is 0.296. The molecule has 0 aromatic heterocycles. The first-order valence-electron chi connectivity index (χ1n) is 11.4. The third kappa shape index (κ3) is 6.14. The molecule has 3 rings (SSSR count). The second kappa shape index (κ2) is 11.3. The Labute approximate surface area is 207 Å². The van der Waals surface area contributed by atoms with Crippen LogP contribution in [-0.4, -0.2) is 35.1 Å². The topological polar surface area (TPSA) is 84.9 Å². The van der Waals surface area contributed by atoms with Gasteiger partial charge in [-0.05, 0) is 61.2 Å². The maximum Gasteiger partial charge on any atom is 0.264 e. The summed E-state index contributed by atoms with van der Waals surface area (Å²) in [5, 5.41) is 2.99. The normalized spacial score (nSPS) is 12.0. The highest BCUT2D eigenvalue weighted by Gasteiger charge is 2.29.